The van der Waals surface area contributed by atoms with Crippen molar-refractivity contribution in [2.45, 2.75) is 0 Å². The summed E-state index contributed by atoms with van der Waals surface area (Å²) in [7, 11) is -1.08. The van der Waals surface area contributed by atoms with E-state index in [0.717, 1.165) is 22.7 Å². The van der Waals surface area contributed by atoms with Gasteiger partial charge < -0.3 is 29.6 Å². The largest absolute Gasteiger partial charge is 0.495 e. The van der Waals surface area contributed by atoms with E-state index in [-0.39, 0.29) is 40.8 Å². The molecule has 0 aliphatic carbocycles. The molecule has 0 bridgehead atoms. The van der Waals surface area contributed by atoms with Crippen LogP contribution in [0.4, 0.5) is 30.6 Å². The summed E-state index contributed by atoms with van der Waals surface area (Å²) >= 11 is 0. The third kappa shape index (κ3) is 5.73. The maximum absolute atomic E-state index is 14.0. The topological polar surface area (TPSA) is 130 Å². The predicted molar refractivity (Wildman–Crippen MR) is 142 cm³/mol. The molecule has 10 nitrogen and oxygen atoms in total. The lowest BCUT2D eigenvalue weighted by atomic mass is 10.1. The van der Waals surface area contributed by atoms with E-state index >= 15 is 0 Å². The Morgan fingerprint density at radius 3 is 2.33 bits per heavy atom. The van der Waals surface area contributed by atoms with E-state index in [9.17, 15) is 27.1 Å². The van der Waals surface area contributed by atoms with Gasteiger partial charge in [0.25, 0.3) is 0 Å². The number of benzene rings is 3. The number of fused-ring (bicyclic) bond motifs is 1. The Kier molecular flexibility index (Phi) is 7.93. The quantitative estimate of drug-likeness (QED) is 0.270. The van der Waals surface area contributed by atoms with Crippen molar-refractivity contribution in [3.63, 3.8) is 0 Å². The molecular weight excluding hydrogens is 536 g/mol. The van der Waals surface area contributed by atoms with Crippen LogP contribution in [-0.4, -0.2) is 53.2 Å². The highest BCUT2D eigenvalue weighted by Gasteiger charge is 2.26. The molecule has 0 saturated carbocycles. The smallest absolute Gasteiger partial charge is 0.412 e. The van der Waals surface area contributed by atoms with Crippen molar-refractivity contribution in [1.82, 2.24) is 5.32 Å². The number of carbonyl (C=O) groups excluding carboxylic acids is 1. The first kappa shape index (κ1) is 27.7. The van der Waals surface area contributed by atoms with Gasteiger partial charge in [0.1, 0.15) is 28.7 Å². The summed E-state index contributed by atoms with van der Waals surface area (Å²) in [5.41, 5.74) is 0.794. The molecule has 0 atom stereocenters. The zero-order chi connectivity index (χ0) is 28.3. The lowest BCUT2D eigenvalue weighted by molar-refractivity contribution is 0.203. The fourth-order valence-corrected chi connectivity index (χ4v) is 4.82. The summed E-state index contributed by atoms with van der Waals surface area (Å²) in [6, 6.07) is 12.7. The lowest BCUT2D eigenvalue weighted by Crippen LogP contribution is -2.32. The van der Waals surface area contributed by atoms with Crippen LogP contribution in [0.2, 0.25) is 0 Å². The Labute approximate surface area is 222 Å². The number of halogens is 2. The number of sulfonamides is 1. The number of amides is 1. The SMILES string of the molecule is CNC(=O)Oc1c(-c2ccc(Nc3c(F)cccc3F)cc2)oc2cc(N(CCO)S(C)(=O)=O)c(OC)cc12. The molecule has 0 saturated heterocycles. The van der Waals surface area contributed by atoms with Gasteiger partial charge in [-0.1, -0.05) is 6.07 Å². The molecule has 1 heterocycles. The molecule has 13 heteroatoms. The van der Waals surface area contributed by atoms with Gasteiger partial charge in [-0.15, -0.1) is 0 Å². The first-order valence-electron chi connectivity index (χ1n) is 11.5. The van der Waals surface area contributed by atoms with Gasteiger partial charge in [-0.25, -0.2) is 22.0 Å². The molecule has 4 rings (SSSR count). The number of rotatable bonds is 9. The van der Waals surface area contributed by atoms with Gasteiger partial charge in [0.15, 0.2) is 11.5 Å². The molecular formula is C26H25F2N3O7S. The number of aliphatic hydroxyl groups is 1. The third-order valence-electron chi connectivity index (χ3n) is 5.69. The Balaban J connectivity index is 1.83. The predicted octanol–water partition coefficient (Wildman–Crippen LogP) is 4.61. The normalized spacial score (nSPS) is 11.3. The maximum Gasteiger partial charge on any atom is 0.412 e. The van der Waals surface area contributed by atoms with Crippen molar-refractivity contribution in [2.75, 3.05) is 43.2 Å². The monoisotopic (exact) mass is 561 g/mol. The van der Waals surface area contributed by atoms with Crippen molar-refractivity contribution >= 4 is 44.1 Å². The van der Waals surface area contributed by atoms with Crippen LogP contribution in [0.25, 0.3) is 22.3 Å². The number of methoxy groups -OCH3 is 1. The second-order valence-corrected chi connectivity index (χ2v) is 10.2. The van der Waals surface area contributed by atoms with Crippen LogP contribution in [0.15, 0.2) is 59.0 Å². The van der Waals surface area contributed by atoms with Gasteiger partial charge in [0, 0.05) is 24.4 Å². The highest BCUT2D eigenvalue weighted by molar-refractivity contribution is 7.92. The Bertz CT molecular complexity index is 1600. The van der Waals surface area contributed by atoms with Crippen LogP contribution < -0.4 is 24.4 Å². The molecule has 3 aromatic carbocycles. The van der Waals surface area contributed by atoms with Crippen LogP contribution in [-0.2, 0) is 10.0 Å². The minimum absolute atomic E-state index is 0.0307. The molecule has 0 radical (unpaired) electrons. The average molecular weight is 562 g/mol. The van der Waals surface area contributed by atoms with E-state index in [0.29, 0.717) is 16.6 Å². The van der Waals surface area contributed by atoms with E-state index in [1.807, 2.05) is 0 Å². The summed E-state index contributed by atoms with van der Waals surface area (Å²) in [4.78, 5) is 12.2. The van der Waals surface area contributed by atoms with E-state index in [2.05, 4.69) is 10.6 Å². The molecule has 1 amide bonds. The summed E-state index contributed by atoms with van der Waals surface area (Å²) in [5, 5.41) is 14.8. The minimum atomic E-state index is -3.80. The second kappa shape index (κ2) is 11.2. The van der Waals surface area contributed by atoms with Crippen molar-refractivity contribution in [2.24, 2.45) is 0 Å². The van der Waals surface area contributed by atoms with Crippen molar-refractivity contribution < 1.29 is 41.0 Å². The molecule has 1 aromatic heterocycles. The summed E-state index contributed by atoms with van der Waals surface area (Å²) < 4.78 is 70.8. The fourth-order valence-electron chi connectivity index (χ4n) is 3.91. The number of ether oxygens (including phenoxy) is 2. The van der Waals surface area contributed by atoms with E-state index in [1.54, 1.807) is 24.3 Å². The van der Waals surface area contributed by atoms with Gasteiger partial charge in [0.05, 0.1) is 37.6 Å². The second-order valence-electron chi connectivity index (χ2n) is 8.28. The number of anilines is 3. The summed E-state index contributed by atoms with van der Waals surface area (Å²) in [5.74, 6) is -1.23. The highest BCUT2D eigenvalue weighted by atomic mass is 32.2. The molecule has 206 valence electrons. The standard InChI is InChI=1S/C26H25F2N3O7S/c1-29-26(33)38-25-17-13-22(36-2)20(31(11-12-32)39(3,34)35)14-21(17)37-24(25)15-7-9-16(10-8-15)30-23-18(27)5-4-6-19(23)28/h4-10,13-14,30,32H,11-12H2,1-3H3,(H,29,33). The fraction of sp³-hybridized carbons (Fsp3) is 0.192. The molecule has 0 aliphatic rings. The number of aliphatic hydroxyl groups excluding tert-OH is 1. The molecule has 3 N–H and O–H groups in total. The number of hydrogen-bond donors (Lipinski definition) is 3. The van der Waals surface area contributed by atoms with Gasteiger partial charge in [-0.05, 0) is 42.5 Å². The van der Waals surface area contributed by atoms with Crippen molar-refractivity contribution in [1.29, 1.82) is 0 Å². The zero-order valence-electron chi connectivity index (χ0n) is 21.1. The minimum Gasteiger partial charge on any atom is -0.495 e. The number of furan rings is 1. The van der Waals surface area contributed by atoms with Gasteiger partial charge >= 0.3 is 6.09 Å². The number of para-hydroxylation sites is 1. The molecule has 4 aromatic rings. The van der Waals surface area contributed by atoms with Gasteiger partial charge in [-0.3, -0.25) is 4.31 Å². The van der Waals surface area contributed by atoms with Crippen LogP contribution >= 0.6 is 0 Å². The molecule has 0 spiro atoms. The van der Waals surface area contributed by atoms with Gasteiger partial charge in [-0.2, -0.15) is 0 Å². The van der Waals surface area contributed by atoms with Crippen LogP contribution in [0.5, 0.6) is 11.5 Å². The van der Waals surface area contributed by atoms with Crippen LogP contribution in [0, 0.1) is 11.6 Å². The van der Waals surface area contributed by atoms with Gasteiger partial charge in [0.2, 0.25) is 10.0 Å². The van der Waals surface area contributed by atoms with Crippen LogP contribution in [0.3, 0.4) is 0 Å². The Hall–Kier alpha value is -4.36. The third-order valence-corrected chi connectivity index (χ3v) is 6.87. The van der Waals surface area contributed by atoms with E-state index < -0.39 is 34.4 Å². The number of hydrogen-bond acceptors (Lipinski definition) is 8. The van der Waals surface area contributed by atoms with E-state index in [1.165, 1.54) is 32.4 Å². The highest BCUT2D eigenvalue weighted by Crippen LogP contribution is 2.45. The number of carbonyl (C=O) groups is 1. The molecule has 0 unspecified atom stereocenters. The number of nitrogens with zero attached hydrogens (tertiary/aromatic N) is 1. The number of nitrogens with one attached hydrogen (secondary N) is 2. The van der Waals surface area contributed by atoms with E-state index in [4.69, 9.17) is 13.9 Å². The molecule has 0 fully saturated rings. The first-order chi connectivity index (χ1) is 18.6. The lowest BCUT2D eigenvalue weighted by Gasteiger charge is -2.23. The summed E-state index contributed by atoms with van der Waals surface area (Å²) in [6.07, 6.45) is 0.205. The molecule has 0 aliphatic heterocycles. The Morgan fingerprint density at radius 2 is 1.77 bits per heavy atom. The average Bonchev–Trinajstić information content (AvgIpc) is 3.25. The molecule has 39 heavy (non-hydrogen) atoms. The van der Waals surface area contributed by atoms with Crippen LogP contribution in [0.1, 0.15) is 0 Å². The Morgan fingerprint density at radius 1 is 1.10 bits per heavy atom. The maximum atomic E-state index is 14.0. The first-order valence-corrected chi connectivity index (χ1v) is 13.4. The van der Waals surface area contributed by atoms with Crippen molar-refractivity contribution in [3.05, 3.63) is 66.2 Å². The van der Waals surface area contributed by atoms with Crippen molar-refractivity contribution in [3.8, 4) is 22.8 Å². The summed E-state index contributed by atoms with van der Waals surface area (Å²) in [6.45, 7) is -0.674. The zero-order valence-corrected chi connectivity index (χ0v) is 21.9.